The van der Waals surface area contributed by atoms with E-state index in [9.17, 15) is 4.39 Å². The van der Waals surface area contributed by atoms with E-state index >= 15 is 0 Å². The Hall–Kier alpha value is -1.75. The molecule has 0 radical (unpaired) electrons. The number of anilines is 1. The van der Waals surface area contributed by atoms with Crippen LogP contribution in [0.2, 0.25) is 5.15 Å². The minimum absolute atomic E-state index is 0.158. The molecule has 1 heterocycles. The molecule has 102 valence electrons. The second-order valence-corrected chi connectivity index (χ2v) is 4.76. The van der Waals surface area contributed by atoms with Crippen LogP contribution in [0.5, 0.6) is 5.75 Å². The molecule has 0 aliphatic heterocycles. The second kappa shape index (κ2) is 5.09. The number of hydrogen-bond acceptors (Lipinski definition) is 3. The predicted molar refractivity (Wildman–Crippen MR) is 72.8 cm³/mol. The summed E-state index contributed by atoms with van der Waals surface area (Å²) in [6, 6.07) is 2.83. The number of nitrogens with two attached hydrogens (primary N) is 1. The maximum atomic E-state index is 13.7. The summed E-state index contributed by atoms with van der Waals surface area (Å²) in [5.74, 6) is -0.327. The van der Waals surface area contributed by atoms with Gasteiger partial charge in [0, 0.05) is 24.4 Å². The summed E-state index contributed by atoms with van der Waals surface area (Å²) in [6.07, 6.45) is 0. The maximum absolute atomic E-state index is 13.7. The Labute approximate surface area is 115 Å². The van der Waals surface area contributed by atoms with Gasteiger partial charge in [0.2, 0.25) is 0 Å². The van der Waals surface area contributed by atoms with Crippen LogP contribution < -0.4 is 10.5 Å². The third-order valence-electron chi connectivity index (χ3n) is 2.96. The molecule has 6 heteroatoms. The van der Waals surface area contributed by atoms with Crippen LogP contribution in [0.3, 0.4) is 0 Å². The average Bonchev–Trinajstić information content (AvgIpc) is 2.57. The van der Waals surface area contributed by atoms with Gasteiger partial charge >= 0.3 is 0 Å². The van der Waals surface area contributed by atoms with E-state index < -0.39 is 5.82 Å². The number of rotatable bonds is 3. The minimum Gasteiger partial charge on any atom is -0.486 e. The molecular weight excluding hydrogens is 269 g/mol. The molecule has 0 aliphatic carbocycles. The molecule has 0 amide bonds. The van der Waals surface area contributed by atoms with Gasteiger partial charge in [0.15, 0.2) is 11.6 Å². The monoisotopic (exact) mass is 283 g/mol. The lowest BCUT2D eigenvalue weighted by Gasteiger charge is -2.09. The summed E-state index contributed by atoms with van der Waals surface area (Å²) >= 11 is 6.08. The number of aryl methyl sites for hydroxylation is 3. The van der Waals surface area contributed by atoms with Crippen molar-refractivity contribution < 1.29 is 9.13 Å². The van der Waals surface area contributed by atoms with Crippen molar-refractivity contribution in [2.75, 3.05) is 5.73 Å². The molecule has 2 aromatic rings. The zero-order valence-electron chi connectivity index (χ0n) is 11.0. The van der Waals surface area contributed by atoms with Crippen molar-refractivity contribution in [3.8, 4) is 5.75 Å². The summed E-state index contributed by atoms with van der Waals surface area (Å²) in [5.41, 5.74) is 8.30. The minimum atomic E-state index is -0.485. The molecule has 1 aromatic heterocycles. The summed E-state index contributed by atoms with van der Waals surface area (Å²) < 4.78 is 20.7. The predicted octanol–water partition coefficient (Wildman–Crippen LogP) is 2.99. The number of benzene rings is 1. The molecule has 0 bridgehead atoms. The largest absolute Gasteiger partial charge is 0.486 e. The van der Waals surface area contributed by atoms with Crippen molar-refractivity contribution in [3.63, 3.8) is 0 Å². The Morgan fingerprint density at radius 1 is 1.42 bits per heavy atom. The second-order valence-electron chi connectivity index (χ2n) is 4.41. The van der Waals surface area contributed by atoms with Gasteiger partial charge in [-0.25, -0.2) is 4.39 Å². The molecule has 0 saturated heterocycles. The quantitative estimate of drug-likeness (QED) is 0.881. The molecule has 2 N–H and O–H groups in total. The van der Waals surface area contributed by atoms with Crippen LogP contribution in [-0.4, -0.2) is 9.78 Å². The lowest BCUT2D eigenvalue weighted by molar-refractivity contribution is 0.289. The highest BCUT2D eigenvalue weighted by Gasteiger charge is 2.13. The van der Waals surface area contributed by atoms with E-state index in [1.54, 1.807) is 24.7 Å². The van der Waals surface area contributed by atoms with Gasteiger partial charge < -0.3 is 10.5 Å². The van der Waals surface area contributed by atoms with Gasteiger partial charge in [0.25, 0.3) is 0 Å². The number of nitrogens with zero attached hydrogens (tertiary/aromatic N) is 2. The van der Waals surface area contributed by atoms with Crippen molar-refractivity contribution >= 4 is 17.3 Å². The van der Waals surface area contributed by atoms with Crippen molar-refractivity contribution in [3.05, 3.63) is 39.9 Å². The van der Waals surface area contributed by atoms with Crippen LogP contribution in [0.4, 0.5) is 10.1 Å². The van der Waals surface area contributed by atoms with Crippen molar-refractivity contribution in [1.29, 1.82) is 0 Å². The highest BCUT2D eigenvalue weighted by molar-refractivity contribution is 6.30. The molecule has 0 spiro atoms. The summed E-state index contributed by atoms with van der Waals surface area (Å²) in [6.45, 7) is 3.79. The molecule has 0 unspecified atom stereocenters. The molecular formula is C13H15ClFN3O. The fraction of sp³-hybridized carbons (Fsp3) is 0.308. The van der Waals surface area contributed by atoms with Crippen LogP contribution >= 0.6 is 11.6 Å². The zero-order chi connectivity index (χ0) is 14.2. The Kier molecular flexibility index (Phi) is 3.66. The SMILES string of the molecule is Cc1cc(OCc2c(C)nn(C)c2Cl)c(F)cc1N. The molecule has 2 rings (SSSR count). The number of halogens is 2. The smallest absolute Gasteiger partial charge is 0.167 e. The highest BCUT2D eigenvalue weighted by Crippen LogP contribution is 2.26. The number of aromatic nitrogens is 2. The molecule has 19 heavy (non-hydrogen) atoms. The van der Waals surface area contributed by atoms with Gasteiger partial charge in [-0.05, 0) is 25.5 Å². The summed E-state index contributed by atoms with van der Waals surface area (Å²) in [5, 5.41) is 4.66. The first-order chi connectivity index (χ1) is 8.90. The fourth-order valence-corrected chi connectivity index (χ4v) is 2.00. The zero-order valence-corrected chi connectivity index (χ0v) is 11.8. The fourth-order valence-electron chi connectivity index (χ4n) is 1.77. The molecule has 0 fully saturated rings. The molecule has 0 atom stereocenters. The van der Waals surface area contributed by atoms with Gasteiger partial charge in [-0.3, -0.25) is 4.68 Å². The Balaban J connectivity index is 2.21. The van der Waals surface area contributed by atoms with Gasteiger partial charge in [0.05, 0.1) is 5.69 Å². The third-order valence-corrected chi connectivity index (χ3v) is 3.44. The van der Waals surface area contributed by atoms with Gasteiger partial charge in [0.1, 0.15) is 11.8 Å². The lowest BCUT2D eigenvalue weighted by Crippen LogP contribution is -2.01. The number of hydrogen-bond donors (Lipinski definition) is 1. The Bertz CT molecular complexity index is 625. The van der Waals surface area contributed by atoms with Gasteiger partial charge in [-0.2, -0.15) is 5.10 Å². The average molecular weight is 284 g/mol. The van der Waals surface area contributed by atoms with E-state index in [-0.39, 0.29) is 12.4 Å². The highest BCUT2D eigenvalue weighted by atomic mass is 35.5. The first-order valence-electron chi connectivity index (χ1n) is 5.76. The molecule has 1 aromatic carbocycles. The van der Waals surface area contributed by atoms with E-state index in [0.29, 0.717) is 10.8 Å². The van der Waals surface area contributed by atoms with E-state index in [2.05, 4.69) is 5.10 Å². The van der Waals surface area contributed by atoms with E-state index in [1.165, 1.54) is 6.07 Å². The maximum Gasteiger partial charge on any atom is 0.167 e. The number of nitrogen functional groups attached to an aromatic ring is 1. The first-order valence-corrected chi connectivity index (χ1v) is 6.14. The van der Waals surface area contributed by atoms with Gasteiger partial charge in [-0.1, -0.05) is 11.6 Å². The van der Waals surface area contributed by atoms with Crippen LogP contribution in [0, 0.1) is 19.7 Å². The Morgan fingerprint density at radius 2 is 2.11 bits per heavy atom. The van der Waals surface area contributed by atoms with Crippen LogP contribution in [0.1, 0.15) is 16.8 Å². The number of ether oxygens (including phenoxy) is 1. The summed E-state index contributed by atoms with van der Waals surface area (Å²) in [7, 11) is 1.74. The van der Waals surface area contributed by atoms with E-state index in [0.717, 1.165) is 16.8 Å². The van der Waals surface area contributed by atoms with Gasteiger partial charge in [-0.15, -0.1) is 0 Å². The molecule has 0 saturated carbocycles. The van der Waals surface area contributed by atoms with Crippen molar-refractivity contribution in [2.24, 2.45) is 7.05 Å². The van der Waals surface area contributed by atoms with E-state index in [4.69, 9.17) is 22.1 Å². The third kappa shape index (κ3) is 2.66. The normalized spacial score (nSPS) is 10.8. The van der Waals surface area contributed by atoms with Crippen LogP contribution in [0.15, 0.2) is 12.1 Å². The van der Waals surface area contributed by atoms with Crippen molar-refractivity contribution in [2.45, 2.75) is 20.5 Å². The summed E-state index contributed by atoms with van der Waals surface area (Å²) in [4.78, 5) is 0. The van der Waals surface area contributed by atoms with Crippen LogP contribution in [-0.2, 0) is 13.7 Å². The van der Waals surface area contributed by atoms with E-state index in [1.807, 2.05) is 6.92 Å². The van der Waals surface area contributed by atoms with Crippen LogP contribution in [0.25, 0.3) is 0 Å². The molecule has 4 nitrogen and oxygen atoms in total. The standard InChI is InChI=1S/C13H15ClFN3O/c1-7-4-12(10(15)5-11(7)16)19-6-9-8(2)17-18(3)13(9)14/h4-5H,6,16H2,1-3H3. The Morgan fingerprint density at radius 3 is 2.68 bits per heavy atom. The van der Waals surface area contributed by atoms with Crippen molar-refractivity contribution in [1.82, 2.24) is 9.78 Å². The lowest BCUT2D eigenvalue weighted by atomic mass is 10.2. The topological polar surface area (TPSA) is 53.1 Å². The first kappa shape index (κ1) is 13.7. The molecule has 0 aliphatic rings.